The molecule has 1 heterocycles. The van der Waals surface area contributed by atoms with Crippen molar-refractivity contribution in [3.8, 4) is 22.4 Å². The summed E-state index contributed by atoms with van der Waals surface area (Å²) in [6.07, 6.45) is 5.66. The van der Waals surface area contributed by atoms with Crippen LogP contribution in [0.15, 0.2) is 48.7 Å². The summed E-state index contributed by atoms with van der Waals surface area (Å²) in [5.41, 5.74) is 2.82. The molecule has 3 aromatic rings. The summed E-state index contributed by atoms with van der Waals surface area (Å²) in [7, 11) is 0. The molecule has 28 heavy (non-hydrogen) atoms. The molecule has 0 N–H and O–H groups in total. The number of rotatable bonds is 7. The first-order valence-corrected chi connectivity index (χ1v) is 9.77. The van der Waals surface area contributed by atoms with E-state index in [4.69, 9.17) is 0 Å². The number of nitrogens with zero attached hydrogens (tertiary/aromatic N) is 1. The highest BCUT2D eigenvalue weighted by Gasteiger charge is 2.15. The monoisotopic (exact) mass is 383 g/mol. The van der Waals surface area contributed by atoms with Gasteiger partial charge in [0.15, 0.2) is 11.6 Å². The van der Waals surface area contributed by atoms with Gasteiger partial charge in [-0.15, -0.1) is 0 Å². The summed E-state index contributed by atoms with van der Waals surface area (Å²) in [4.78, 5) is 4.24. The Balaban J connectivity index is 1.87. The van der Waals surface area contributed by atoms with E-state index >= 15 is 0 Å². The summed E-state index contributed by atoms with van der Waals surface area (Å²) in [6.45, 7) is 4.02. The fraction of sp³-hybridized carbons (Fsp3) is 0.292. The molecule has 0 bridgehead atoms. The van der Waals surface area contributed by atoms with Crippen molar-refractivity contribution in [1.82, 2.24) is 4.98 Å². The molecule has 146 valence electrons. The largest absolute Gasteiger partial charge is 0.256 e. The molecule has 3 rings (SSSR count). The summed E-state index contributed by atoms with van der Waals surface area (Å²) >= 11 is 0. The lowest BCUT2D eigenvalue weighted by Crippen LogP contribution is -1.98. The van der Waals surface area contributed by atoms with Gasteiger partial charge in [-0.1, -0.05) is 51.0 Å². The second-order valence-corrected chi connectivity index (χ2v) is 7.00. The highest BCUT2D eigenvalue weighted by atomic mass is 19.2. The minimum Gasteiger partial charge on any atom is -0.256 e. The number of hydrogen-bond donors (Lipinski definition) is 0. The van der Waals surface area contributed by atoms with Crippen LogP contribution in [0, 0.1) is 17.5 Å². The minimum atomic E-state index is -0.891. The molecular formula is C24H24F3N. The molecule has 1 aromatic heterocycles. The third-order valence-corrected chi connectivity index (χ3v) is 4.88. The van der Waals surface area contributed by atoms with Crippen LogP contribution in [0.25, 0.3) is 22.4 Å². The molecule has 0 aliphatic heterocycles. The third-order valence-electron chi connectivity index (χ3n) is 4.88. The van der Waals surface area contributed by atoms with E-state index < -0.39 is 11.6 Å². The number of aromatic nitrogens is 1. The quantitative estimate of drug-likeness (QED) is 0.423. The number of aryl methyl sites for hydroxylation is 2. The van der Waals surface area contributed by atoms with Crippen molar-refractivity contribution in [2.75, 3.05) is 0 Å². The van der Waals surface area contributed by atoms with E-state index in [9.17, 15) is 13.2 Å². The van der Waals surface area contributed by atoms with Gasteiger partial charge in [-0.2, -0.15) is 0 Å². The first-order chi connectivity index (χ1) is 13.5. The first kappa shape index (κ1) is 20.1. The zero-order chi connectivity index (χ0) is 20.1. The van der Waals surface area contributed by atoms with E-state index in [0.717, 1.165) is 31.2 Å². The Bertz CT molecular complexity index is 949. The molecule has 0 unspecified atom stereocenters. The summed E-state index contributed by atoms with van der Waals surface area (Å²) in [6, 6.07) is 11.7. The fourth-order valence-corrected chi connectivity index (χ4v) is 3.29. The van der Waals surface area contributed by atoms with Gasteiger partial charge in [0.1, 0.15) is 5.82 Å². The zero-order valence-electron chi connectivity index (χ0n) is 16.2. The van der Waals surface area contributed by atoms with E-state index in [1.165, 1.54) is 6.20 Å². The maximum atomic E-state index is 14.5. The second-order valence-electron chi connectivity index (χ2n) is 7.00. The molecule has 0 atom stereocenters. The van der Waals surface area contributed by atoms with Gasteiger partial charge in [-0.3, -0.25) is 4.98 Å². The molecule has 1 nitrogen and oxygen atoms in total. The van der Waals surface area contributed by atoms with Crippen molar-refractivity contribution in [1.29, 1.82) is 0 Å². The number of benzene rings is 2. The maximum absolute atomic E-state index is 14.5. The van der Waals surface area contributed by atoms with Crippen molar-refractivity contribution in [2.45, 2.75) is 46.0 Å². The van der Waals surface area contributed by atoms with Crippen LogP contribution in [0.2, 0.25) is 0 Å². The Morgan fingerprint density at radius 2 is 1.57 bits per heavy atom. The van der Waals surface area contributed by atoms with Crippen LogP contribution in [0.1, 0.15) is 44.2 Å². The van der Waals surface area contributed by atoms with E-state index in [1.807, 2.05) is 13.0 Å². The molecule has 0 saturated heterocycles. The summed E-state index contributed by atoms with van der Waals surface area (Å²) in [5, 5.41) is 0. The Morgan fingerprint density at radius 3 is 2.21 bits per heavy atom. The van der Waals surface area contributed by atoms with Crippen molar-refractivity contribution in [2.24, 2.45) is 0 Å². The Labute approximate surface area is 164 Å². The minimum absolute atomic E-state index is 0.110. The highest BCUT2D eigenvalue weighted by molar-refractivity contribution is 5.68. The topological polar surface area (TPSA) is 12.9 Å². The van der Waals surface area contributed by atoms with Crippen LogP contribution in [-0.2, 0) is 12.8 Å². The molecule has 0 aliphatic carbocycles. The molecule has 0 amide bonds. The molecule has 0 spiro atoms. The smallest absolute Gasteiger partial charge is 0.168 e. The number of pyridine rings is 1. The van der Waals surface area contributed by atoms with Crippen LogP contribution in [-0.4, -0.2) is 4.98 Å². The normalized spacial score (nSPS) is 11.0. The average Bonchev–Trinajstić information content (AvgIpc) is 2.70. The van der Waals surface area contributed by atoms with E-state index in [2.05, 4.69) is 11.9 Å². The lowest BCUT2D eigenvalue weighted by Gasteiger charge is -2.09. The summed E-state index contributed by atoms with van der Waals surface area (Å²) < 4.78 is 43.1. The third kappa shape index (κ3) is 4.27. The van der Waals surface area contributed by atoms with Gasteiger partial charge >= 0.3 is 0 Å². The number of hydrogen-bond acceptors (Lipinski definition) is 1. The molecule has 0 fully saturated rings. The average molecular weight is 383 g/mol. The molecule has 0 radical (unpaired) electrons. The van der Waals surface area contributed by atoms with Gasteiger partial charge in [0.2, 0.25) is 0 Å². The number of unbranched alkanes of at least 4 members (excludes halogenated alkanes) is 1. The van der Waals surface area contributed by atoms with E-state index in [-0.39, 0.29) is 11.4 Å². The van der Waals surface area contributed by atoms with Gasteiger partial charge in [0.25, 0.3) is 0 Å². The predicted octanol–water partition coefficient (Wildman–Crippen LogP) is 7.13. The molecule has 4 heteroatoms. The Kier molecular flexibility index (Phi) is 6.50. The van der Waals surface area contributed by atoms with Crippen molar-refractivity contribution in [3.63, 3.8) is 0 Å². The van der Waals surface area contributed by atoms with Gasteiger partial charge in [-0.05, 0) is 48.6 Å². The molecule has 0 aliphatic rings. The van der Waals surface area contributed by atoms with Crippen LogP contribution in [0.3, 0.4) is 0 Å². The standard InChI is InChI=1S/C24H24F3N/c1-3-5-7-16-8-11-19(21(25)14-16)18-10-13-22(28-15-18)20-12-9-17(6-4-2)23(26)24(20)27/h8-15H,3-7H2,1-2H3. The Hall–Kier alpha value is -2.62. The van der Waals surface area contributed by atoms with Crippen LogP contribution < -0.4 is 0 Å². The first-order valence-electron chi connectivity index (χ1n) is 9.77. The van der Waals surface area contributed by atoms with Gasteiger partial charge in [0.05, 0.1) is 5.69 Å². The zero-order valence-corrected chi connectivity index (χ0v) is 16.2. The highest BCUT2D eigenvalue weighted by Crippen LogP contribution is 2.29. The van der Waals surface area contributed by atoms with Crippen molar-refractivity contribution < 1.29 is 13.2 Å². The molecule has 0 saturated carbocycles. The second kappa shape index (κ2) is 9.05. The lowest BCUT2D eigenvalue weighted by atomic mass is 10.0. The molecule has 2 aromatic carbocycles. The SMILES string of the molecule is CCCCc1ccc(-c2ccc(-c3ccc(CCC)c(F)c3F)nc2)c(F)c1. The van der Waals surface area contributed by atoms with Crippen molar-refractivity contribution in [3.05, 3.63) is 77.2 Å². The van der Waals surface area contributed by atoms with Crippen LogP contribution in [0.5, 0.6) is 0 Å². The van der Waals surface area contributed by atoms with Gasteiger partial charge in [-0.25, -0.2) is 13.2 Å². The van der Waals surface area contributed by atoms with Crippen LogP contribution >= 0.6 is 0 Å². The van der Waals surface area contributed by atoms with Gasteiger partial charge < -0.3 is 0 Å². The summed E-state index contributed by atoms with van der Waals surface area (Å²) in [5.74, 6) is -2.01. The number of halogens is 3. The van der Waals surface area contributed by atoms with E-state index in [0.29, 0.717) is 28.8 Å². The van der Waals surface area contributed by atoms with Gasteiger partial charge in [0, 0.05) is 22.9 Å². The molecular weight excluding hydrogens is 359 g/mol. The maximum Gasteiger partial charge on any atom is 0.168 e. The Morgan fingerprint density at radius 1 is 0.786 bits per heavy atom. The van der Waals surface area contributed by atoms with E-state index in [1.54, 1.807) is 36.4 Å². The lowest BCUT2D eigenvalue weighted by molar-refractivity contribution is 0.500. The fourth-order valence-electron chi connectivity index (χ4n) is 3.29. The van der Waals surface area contributed by atoms with Crippen molar-refractivity contribution >= 4 is 0 Å². The predicted molar refractivity (Wildman–Crippen MR) is 108 cm³/mol. The van der Waals surface area contributed by atoms with Crippen LogP contribution in [0.4, 0.5) is 13.2 Å².